The number of benzene rings is 1. The zero-order chi connectivity index (χ0) is 15.9. The van der Waals surface area contributed by atoms with Gasteiger partial charge < -0.3 is 20.2 Å². The first-order chi connectivity index (χ1) is 10.6. The van der Waals surface area contributed by atoms with Crippen molar-refractivity contribution in [2.24, 2.45) is 0 Å². The van der Waals surface area contributed by atoms with E-state index in [9.17, 15) is 9.90 Å². The number of aliphatic hydroxyl groups is 1. The molecule has 3 N–H and O–H groups in total. The van der Waals surface area contributed by atoms with Crippen molar-refractivity contribution in [3.63, 3.8) is 0 Å². The number of amides is 2. The summed E-state index contributed by atoms with van der Waals surface area (Å²) in [5.74, 6) is 2.99. The molecule has 1 aromatic heterocycles. The Bertz CT molecular complexity index is 659. The van der Waals surface area contributed by atoms with Gasteiger partial charge in [0.2, 0.25) is 0 Å². The Labute approximate surface area is 129 Å². The molecule has 2 amide bonds. The van der Waals surface area contributed by atoms with E-state index in [0.717, 1.165) is 0 Å². The van der Waals surface area contributed by atoms with Crippen LogP contribution >= 0.6 is 0 Å². The molecule has 2 aromatic rings. The van der Waals surface area contributed by atoms with Gasteiger partial charge in [0, 0.05) is 23.7 Å². The van der Waals surface area contributed by atoms with Crippen LogP contribution in [-0.4, -0.2) is 17.2 Å². The predicted molar refractivity (Wildman–Crippen MR) is 84.3 cm³/mol. The SMILES string of the molecule is C#Cc1cccc(NC(=O)NC(C)CC(O)c2ccco2)c1. The number of anilines is 1. The van der Waals surface area contributed by atoms with Crippen LogP contribution in [0.5, 0.6) is 0 Å². The molecule has 2 unspecified atom stereocenters. The molecule has 1 aromatic carbocycles. The van der Waals surface area contributed by atoms with Gasteiger partial charge in [-0.25, -0.2) is 4.79 Å². The number of urea groups is 1. The normalized spacial score (nSPS) is 13.0. The molecule has 0 aliphatic heterocycles. The molecule has 114 valence electrons. The summed E-state index contributed by atoms with van der Waals surface area (Å²) in [5.41, 5.74) is 1.31. The van der Waals surface area contributed by atoms with Crippen molar-refractivity contribution in [2.75, 3.05) is 5.32 Å². The zero-order valence-corrected chi connectivity index (χ0v) is 12.2. The van der Waals surface area contributed by atoms with Crippen LogP contribution < -0.4 is 10.6 Å². The zero-order valence-electron chi connectivity index (χ0n) is 12.2. The molecule has 0 fully saturated rings. The Morgan fingerprint density at radius 2 is 2.23 bits per heavy atom. The smallest absolute Gasteiger partial charge is 0.319 e. The highest BCUT2D eigenvalue weighted by Gasteiger charge is 2.16. The molecule has 0 aliphatic rings. The third-order valence-electron chi connectivity index (χ3n) is 3.11. The van der Waals surface area contributed by atoms with Gasteiger partial charge in [0.05, 0.1) is 6.26 Å². The molecule has 2 rings (SSSR count). The summed E-state index contributed by atoms with van der Waals surface area (Å²) in [6.07, 6.45) is 6.42. The minimum absolute atomic E-state index is 0.226. The number of hydrogen-bond acceptors (Lipinski definition) is 3. The Hall–Kier alpha value is -2.71. The topological polar surface area (TPSA) is 74.5 Å². The molecule has 0 aliphatic carbocycles. The highest BCUT2D eigenvalue weighted by Crippen LogP contribution is 2.18. The van der Waals surface area contributed by atoms with E-state index in [2.05, 4.69) is 16.6 Å². The number of aliphatic hydroxyl groups excluding tert-OH is 1. The van der Waals surface area contributed by atoms with Gasteiger partial charge in [-0.15, -0.1) is 6.42 Å². The van der Waals surface area contributed by atoms with Gasteiger partial charge in [0.1, 0.15) is 11.9 Å². The lowest BCUT2D eigenvalue weighted by atomic mass is 10.1. The van der Waals surface area contributed by atoms with E-state index in [1.807, 2.05) is 6.92 Å². The Balaban J connectivity index is 1.84. The van der Waals surface area contributed by atoms with Crippen LogP contribution in [0.15, 0.2) is 47.1 Å². The second kappa shape index (κ2) is 7.34. The lowest BCUT2D eigenvalue weighted by molar-refractivity contribution is 0.130. The maximum atomic E-state index is 11.9. The lowest BCUT2D eigenvalue weighted by Gasteiger charge is -2.17. The Morgan fingerprint density at radius 1 is 1.41 bits per heavy atom. The van der Waals surface area contributed by atoms with Crippen LogP contribution in [0, 0.1) is 12.3 Å². The van der Waals surface area contributed by atoms with E-state index in [0.29, 0.717) is 23.4 Å². The van der Waals surface area contributed by atoms with E-state index in [4.69, 9.17) is 10.8 Å². The fourth-order valence-electron chi connectivity index (χ4n) is 2.07. The van der Waals surface area contributed by atoms with Crippen LogP contribution in [0.2, 0.25) is 0 Å². The van der Waals surface area contributed by atoms with Crippen LogP contribution in [0.1, 0.15) is 30.8 Å². The number of hydrogen-bond donors (Lipinski definition) is 3. The number of furan rings is 1. The molecule has 5 nitrogen and oxygen atoms in total. The molecule has 1 heterocycles. The summed E-state index contributed by atoms with van der Waals surface area (Å²) >= 11 is 0. The molecule has 0 spiro atoms. The predicted octanol–water partition coefficient (Wildman–Crippen LogP) is 2.89. The summed E-state index contributed by atoms with van der Waals surface area (Å²) in [4.78, 5) is 11.9. The largest absolute Gasteiger partial charge is 0.467 e. The number of carbonyl (C=O) groups is 1. The molecule has 0 bridgehead atoms. The van der Waals surface area contributed by atoms with E-state index >= 15 is 0 Å². The van der Waals surface area contributed by atoms with E-state index in [1.165, 1.54) is 6.26 Å². The van der Waals surface area contributed by atoms with Crippen molar-refractivity contribution in [1.29, 1.82) is 0 Å². The highest BCUT2D eigenvalue weighted by atomic mass is 16.4. The lowest BCUT2D eigenvalue weighted by Crippen LogP contribution is -2.37. The van der Waals surface area contributed by atoms with Gasteiger partial charge in [0.25, 0.3) is 0 Å². The molecule has 2 atom stereocenters. The molecule has 0 radical (unpaired) electrons. The van der Waals surface area contributed by atoms with E-state index in [1.54, 1.807) is 36.4 Å². The molecule has 22 heavy (non-hydrogen) atoms. The summed E-state index contributed by atoms with van der Waals surface area (Å²) < 4.78 is 5.13. The van der Waals surface area contributed by atoms with Crippen molar-refractivity contribution < 1.29 is 14.3 Å². The number of rotatable bonds is 5. The van der Waals surface area contributed by atoms with Gasteiger partial charge in [-0.3, -0.25) is 0 Å². The van der Waals surface area contributed by atoms with Gasteiger partial charge >= 0.3 is 6.03 Å². The maximum Gasteiger partial charge on any atom is 0.319 e. The van der Waals surface area contributed by atoms with Gasteiger partial charge in [-0.1, -0.05) is 12.0 Å². The van der Waals surface area contributed by atoms with Crippen molar-refractivity contribution in [2.45, 2.75) is 25.5 Å². The molecule has 0 saturated carbocycles. The van der Waals surface area contributed by atoms with E-state index in [-0.39, 0.29) is 12.1 Å². The second-order valence-electron chi connectivity index (χ2n) is 4.99. The van der Waals surface area contributed by atoms with Gasteiger partial charge in [0.15, 0.2) is 0 Å². The third kappa shape index (κ3) is 4.40. The summed E-state index contributed by atoms with van der Waals surface area (Å²) in [5, 5.41) is 15.4. The summed E-state index contributed by atoms with van der Waals surface area (Å²) in [6.45, 7) is 1.81. The fraction of sp³-hybridized carbons (Fsp3) is 0.235. The monoisotopic (exact) mass is 298 g/mol. The van der Waals surface area contributed by atoms with Crippen molar-refractivity contribution in [1.82, 2.24) is 5.32 Å². The minimum Gasteiger partial charge on any atom is -0.467 e. The molecular formula is C17H18N2O3. The summed E-state index contributed by atoms with van der Waals surface area (Å²) in [6, 6.07) is 9.85. The first kappa shape index (κ1) is 15.7. The second-order valence-corrected chi connectivity index (χ2v) is 4.99. The number of terminal acetylenes is 1. The minimum atomic E-state index is -0.755. The van der Waals surface area contributed by atoms with Gasteiger partial charge in [-0.2, -0.15) is 0 Å². The molecule has 5 heteroatoms. The molecular weight excluding hydrogens is 280 g/mol. The highest BCUT2D eigenvalue weighted by molar-refractivity contribution is 5.89. The van der Waals surface area contributed by atoms with Crippen LogP contribution in [0.4, 0.5) is 10.5 Å². The molecule has 0 saturated heterocycles. The van der Waals surface area contributed by atoms with Gasteiger partial charge in [-0.05, 0) is 37.3 Å². The van der Waals surface area contributed by atoms with Crippen LogP contribution in [-0.2, 0) is 0 Å². The average Bonchev–Trinajstić information content (AvgIpc) is 3.01. The average molecular weight is 298 g/mol. The standard InChI is InChI=1S/C17H18N2O3/c1-3-13-6-4-7-14(11-13)19-17(21)18-12(2)10-15(20)16-8-5-9-22-16/h1,4-9,11-12,15,20H,10H2,2H3,(H2,18,19,21). The van der Waals surface area contributed by atoms with Crippen molar-refractivity contribution in [3.05, 3.63) is 54.0 Å². The first-order valence-corrected chi connectivity index (χ1v) is 6.94. The van der Waals surface area contributed by atoms with Crippen LogP contribution in [0.25, 0.3) is 0 Å². The van der Waals surface area contributed by atoms with E-state index < -0.39 is 6.10 Å². The maximum absolute atomic E-state index is 11.9. The van der Waals surface area contributed by atoms with Crippen molar-refractivity contribution in [3.8, 4) is 12.3 Å². The third-order valence-corrected chi connectivity index (χ3v) is 3.11. The Kier molecular flexibility index (Phi) is 5.23. The first-order valence-electron chi connectivity index (χ1n) is 6.94. The van der Waals surface area contributed by atoms with Crippen molar-refractivity contribution >= 4 is 11.7 Å². The van der Waals surface area contributed by atoms with Crippen LogP contribution in [0.3, 0.4) is 0 Å². The number of nitrogens with one attached hydrogen (secondary N) is 2. The fourth-order valence-corrected chi connectivity index (χ4v) is 2.07. The number of carbonyl (C=O) groups excluding carboxylic acids is 1. The Morgan fingerprint density at radius 3 is 2.91 bits per heavy atom. The summed E-state index contributed by atoms with van der Waals surface area (Å²) in [7, 11) is 0. The quantitative estimate of drug-likeness (QED) is 0.743.